The van der Waals surface area contributed by atoms with Crippen LogP contribution in [-0.4, -0.2) is 55.2 Å². The molecule has 0 saturated heterocycles. The number of halogens is 3. The zero-order valence-corrected chi connectivity index (χ0v) is 22.9. The van der Waals surface area contributed by atoms with Crippen LogP contribution in [-0.2, 0) is 11.0 Å². The van der Waals surface area contributed by atoms with Gasteiger partial charge < -0.3 is 26.6 Å². The summed E-state index contributed by atoms with van der Waals surface area (Å²) in [6.45, 7) is 1.41. The summed E-state index contributed by atoms with van der Waals surface area (Å²) >= 11 is 1.56. The number of thioether (sulfide) groups is 1. The van der Waals surface area contributed by atoms with Gasteiger partial charge in [-0.25, -0.2) is 4.79 Å². The molecule has 0 unspecified atom stereocenters. The highest BCUT2D eigenvalue weighted by molar-refractivity contribution is 7.98. The smallest absolute Gasteiger partial charge is 0.350 e. The maximum absolute atomic E-state index is 13.3. The third-order valence-electron chi connectivity index (χ3n) is 6.37. The molecule has 1 aliphatic rings. The Hall–Kier alpha value is -3.74. The predicted molar refractivity (Wildman–Crippen MR) is 146 cm³/mol. The van der Waals surface area contributed by atoms with Gasteiger partial charge in [0, 0.05) is 29.1 Å². The largest absolute Gasteiger partial charge is 0.416 e. The molecule has 5 N–H and O–H groups in total. The Labute approximate surface area is 234 Å². The first-order valence-corrected chi connectivity index (χ1v) is 14.0. The molecule has 9 nitrogen and oxygen atoms in total. The Balaban J connectivity index is 1.63. The topological polar surface area (TPSA) is 128 Å². The van der Waals surface area contributed by atoms with Crippen LogP contribution in [0.3, 0.4) is 0 Å². The number of carbonyl (C=O) groups excluding carboxylic acids is 4. The van der Waals surface area contributed by atoms with Gasteiger partial charge in [-0.2, -0.15) is 13.2 Å². The number of rotatable bonds is 9. The maximum atomic E-state index is 13.3. The summed E-state index contributed by atoms with van der Waals surface area (Å²) in [6, 6.07) is 8.12. The average molecular weight is 580 g/mol. The highest BCUT2D eigenvalue weighted by Crippen LogP contribution is 2.32. The van der Waals surface area contributed by atoms with E-state index in [1.165, 1.54) is 0 Å². The van der Waals surface area contributed by atoms with Gasteiger partial charge in [0.1, 0.15) is 0 Å². The Kier molecular flexibility index (Phi) is 10.8. The van der Waals surface area contributed by atoms with Crippen LogP contribution in [0.5, 0.6) is 0 Å². The van der Waals surface area contributed by atoms with Gasteiger partial charge in [-0.15, -0.1) is 11.8 Å². The van der Waals surface area contributed by atoms with Crippen LogP contribution in [0.2, 0.25) is 0 Å². The van der Waals surface area contributed by atoms with Gasteiger partial charge in [0.15, 0.2) is 0 Å². The molecule has 5 amide bonds. The molecule has 0 bridgehead atoms. The highest BCUT2D eigenvalue weighted by atomic mass is 32.2. The summed E-state index contributed by atoms with van der Waals surface area (Å²) in [7, 11) is 0. The number of carbonyl (C=O) groups is 4. The van der Waals surface area contributed by atoms with Gasteiger partial charge in [0.05, 0.1) is 23.4 Å². The van der Waals surface area contributed by atoms with Crippen molar-refractivity contribution in [2.24, 2.45) is 0 Å². The van der Waals surface area contributed by atoms with E-state index in [9.17, 15) is 32.3 Å². The zero-order chi connectivity index (χ0) is 29.3. The standard InChI is InChI=1S/C27H32F3N5O4S/c1-3-31-26(39)35-20-13-10-17(27(28,29)30)14-19(20)25(38)32-15-23(36)33-21-6-4-5-7-22(21)34-24(37)16-8-11-18(40-2)12-9-16/h8-14,21-22H,3-7,15H2,1-2H3,(H,32,38)(H,33,36)(H,34,37)(H2,31,35,39)/t21-,22+/m1/s1. The summed E-state index contributed by atoms with van der Waals surface area (Å²) in [5, 5.41) is 12.9. The lowest BCUT2D eigenvalue weighted by atomic mass is 9.90. The minimum atomic E-state index is -4.71. The second-order valence-electron chi connectivity index (χ2n) is 9.19. The fourth-order valence-corrected chi connectivity index (χ4v) is 4.74. The molecule has 0 heterocycles. The van der Waals surface area contributed by atoms with Crippen molar-refractivity contribution < 1.29 is 32.3 Å². The van der Waals surface area contributed by atoms with E-state index in [0.29, 0.717) is 24.5 Å². The predicted octanol–water partition coefficient (Wildman–Crippen LogP) is 4.16. The van der Waals surface area contributed by atoms with Crippen molar-refractivity contribution in [2.45, 2.75) is 55.8 Å². The summed E-state index contributed by atoms with van der Waals surface area (Å²) in [5.74, 6) is -1.78. The summed E-state index contributed by atoms with van der Waals surface area (Å²) < 4.78 is 39.8. The Morgan fingerprint density at radius 2 is 1.55 bits per heavy atom. The van der Waals surface area contributed by atoms with Gasteiger partial charge in [-0.1, -0.05) is 12.8 Å². The SMILES string of the molecule is CCNC(=O)Nc1ccc(C(F)(F)F)cc1C(=O)NCC(=O)N[C@@H]1CCCC[C@@H]1NC(=O)c1ccc(SC)cc1. The molecule has 1 fully saturated rings. The van der Waals surface area contributed by atoms with Crippen LogP contribution in [0.4, 0.5) is 23.7 Å². The molecule has 0 aromatic heterocycles. The zero-order valence-electron chi connectivity index (χ0n) is 22.1. The van der Waals surface area contributed by atoms with Crippen molar-refractivity contribution >= 4 is 41.2 Å². The molecule has 1 saturated carbocycles. The van der Waals surface area contributed by atoms with Crippen LogP contribution >= 0.6 is 11.8 Å². The highest BCUT2D eigenvalue weighted by Gasteiger charge is 2.32. The molecule has 40 heavy (non-hydrogen) atoms. The monoisotopic (exact) mass is 579 g/mol. The molecule has 1 aliphatic carbocycles. The van der Waals surface area contributed by atoms with Crippen LogP contribution in [0.15, 0.2) is 47.4 Å². The van der Waals surface area contributed by atoms with E-state index in [1.54, 1.807) is 30.8 Å². The van der Waals surface area contributed by atoms with Gasteiger partial charge in [0.25, 0.3) is 11.8 Å². The van der Waals surface area contributed by atoms with Crippen LogP contribution in [0, 0.1) is 0 Å². The van der Waals surface area contributed by atoms with Crippen molar-refractivity contribution in [1.29, 1.82) is 0 Å². The van der Waals surface area contributed by atoms with Crippen molar-refractivity contribution in [3.8, 4) is 0 Å². The van der Waals surface area contributed by atoms with Crippen molar-refractivity contribution in [3.05, 3.63) is 59.2 Å². The van der Waals surface area contributed by atoms with Gasteiger partial charge >= 0.3 is 12.2 Å². The van der Waals surface area contributed by atoms with Crippen molar-refractivity contribution in [1.82, 2.24) is 21.3 Å². The van der Waals surface area contributed by atoms with E-state index in [4.69, 9.17) is 0 Å². The summed E-state index contributed by atoms with van der Waals surface area (Å²) in [6.07, 6.45) is 0.208. The number of amides is 5. The van der Waals surface area contributed by atoms with Gasteiger partial charge in [-0.3, -0.25) is 14.4 Å². The maximum Gasteiger partial charge on any atom is 0.416 e. The first-order valence-electron chi connectivity index (χ1n) is 12.8. The normalized spacial score (nSPS) is 16.9. The summed E-state index contributed by atoms with van der Waals surface area (Å²) in [5.41, 5.74) is -1.16. The Morgan fingerprint density at radius 1 is 0.900 bits per heavy atom. The van der Waals surface area contributed by atoms with E-state index >= 15 is 0 Å². The fourth-order valence-electron chi connectivity index (χ4n) is 4.33. The quantitative estimate of drug-likeness (QED) is 0.285. The number of urea groups is 1. The van der Waals surface area contributed by atoms with E-state index < -0.39 is 41.7 Å². The molecule has 0 spiro atoms. The number of alkyl halides is 3. The second-order valence-corrected chi connectivity index (χ2v) is 10.1. The molecule has 2 aromatic carbocycles. The molecular formula is C27H32F3N5O4S. The van der Waals surface area contributed by atoms with E-state index in [2.05, 4.69) is 26.6 Å². The van der Waals surface area contributed by atoms with Crippen molar-refractivity contribution in [2.75, 3.05) is 24.7 Å². The van der Waals surface area contributed by atoms with E-state index in [-0.39, 0.29) is 30.2 Å². The minimum Gasteiger partial charge on any atom is -0.350 e. The summed E-state index contributed by atoms with van der Waals surface area (Å²) in [4.78, 5) is 51.2. The van der Waals surface area contributed by atoms with Crippen LogP contribution < -0.4 is 26.6 Å². The average Bonchev–Trinajstić information content (AvgIpc) is 2.92. The third-order valence-corrected chi connectivity index (χ3v) is 7.11. The second kappa shape index (κ2) is 14.1. The lowest BCUT2D eigenvalue weighted by Crippen LogP contribution is -2.54. The molecule has 3 rings (SSSR count). The lowest BCUT2D eigenvalue weighted by molar-refractivity contribution is -0.137. The molecule has 216 valence electrons. The number of hydrogen-bond donors (Lipinski definition) is 5. The van der Waals surface area contributed by atoms with Crippen LogP contribution in [0.25, 0.3) is 0 Å². The Morgan fingerprint density at radius 3 is 2.15 bits per heavy atom. The molecule has 0 radical (unpaired) electrons. The van der Waals surface area contributed by atoms with Gasteiger partial charge in [-0.05, 0) is 68.5 Å². The van der Waals surface area contributed by atoms with Crippen LogP contribution in [0.1, 0.15) is 58.9 Å². The first-order chi connectivity index (χ1) is 19.0. The first kappa shape index (κ1) is 30.8. The van der Waals surface area contributed by atoms with Crippen molar-refractivity contribution in [3.63, 3.8) is 0 Å². The Bertz CT molecular complexity index is 1220. The molecule has 0 aliphatic heterocycles. The number of anilines is 1. The van der Waals surface area contributed by atoms with E-state index in [0.717, 1.165) is 29.9 Å². The molecule has 13 heteroatoms. The molecular weight excluding hydrogens is 547 g/mol. The number of hydrogen-bond acceptors (Lipinski definition) is 5. The third kappa shape index (κ3) is 8.63. The number of nitrogens with one attached hydrogen (secondary N) is 5. The van der Waals surface area contributed by atoms with E-state index in [1.807, 2.05) is 18.4 Å². The van der Waals surface area contributed by atoms with Gasteiger partial charge in [0.2, 0.25) is 5.91 Å². The minimum absolute atomic E-state index is 0.141. The number of benzene rings is 2. The molecule has 2 aromatic rings. The fraction of sp³-hybridized carbons (Fsp3) is 0.407. The lowest BCUT2D eigenvalue weighted by Gasteiger charge is -2.33. The molecule has 2 atom stereocenters.